The lowest BCUT2D eigenvalue weighted by Crippen LogP contribution is -2.24. The summed E-state index contributed by atoms with van der Waals surface area (Å²) in [6.45, 7) is 1.80. The first-order chi connectivity index (χ1) is 9.15. The molecule has 1 aromatic heterocycles. The third-order valence-electron chi connectivity index (χ3n) is 2.31. The molecular formula is C13H12FN3OS. The largest absolute Gasteiger partial charge is 0.463 e. The molecule has 2 N–H and O–H groups in total. The van der Waals surface area contributed by atoms with Crippen LogP contribution < -0.4 is 10.7 Å². The molecule has 0 spiro atoms. The Morgan fingerprint density at radius 3 is 2.63 bits per heavy atom. The lowest BCUT2D eigenvalue weighted by molar-refractivity contribution is 0.556. The predicted molar refractivity (Wildman–Crippen MR) is 76.7 cm³/mol. The summed E-state index contributed by atoms with van der Waals surface area (Å²) < 4.78 is 17.9. The van der Waals surface area contributed by atoms with Gasteiger partial charge in [0.2, 0.25) is 0 Å². The minimum Gasteiger partial charge on any atom is -0.463 e. The van der Waals surface area contributed by atoms with Crippen LogP contribution in [0.4, 0.5) is 10.1 Å². The van der Waals surface area contributed by atoms with Crippen LogP contribution in [0, 0.1) is 5.82 Å². The summed E-state index contributed by atoms with van der Waals surface area (Å²) in [4.78, 5) is 0. The third-order valence-corrected chi connectivity index (χ3v) is 2.50. The topological polar surface area (TPSA) is 49.6 Å². The maximum absolute atomic E-state index is 12.7. The molecule has 0 aliphatic carbocycles. The quantitative estimate of drug-likeness (QED) is 0.514. The average Bonchev–Trinajstić information content (AvgIpc) is 2.93. The van der Waals surface area contributed by atoms with E-state index in [4.69, 9.17) is 16.6 Å². The minimum absolute atomic E-state index is 0.295. The maximum atomic E-state index is 12.7. The van der Waals surface area contributed by atoms with Gasteiger partial charge in [0.25, 0.3) is 0 Å². The molecule has 98 valence electrons. The highest BCUT2D eigenvalue weighted by Gasteiger charge is 2.01. The zero-order valence-corrected chi connectivity index (χ0v) is 11.0. The molecule has 0 amide bonds. The van der Waals surface area contributed by atoms with Gasteiger partial charge in [-0.05, 0) is 55.5 Å². The number of thiocarbonyl (C=S) groups is 1. The standard InChI is InChI=1S/C13H12FN3OS/c1-9(12-3-2-8-18-12)16-17-13(19)15-11-6-4-10(14)5-7-11/h2-8H,1H3,(H2,15,17,19). The van der Waals surface area contributed by atoms with Crippen molar-refractivity contribution in [2.24, 2.45) is 5.10 Å². The van der Waals surface area contributed by atoms with Gasteiger partial charge in [0.05, 0.1) is 6.26 Å². The van der Waals surface area contributed by atoms with E-state index in [1.54, 1.807) is 37.5 Å². The van der Waals surface area contributed by atoms with Gasteiger partial charge in [-0.25, -0.2) is 4.39 Å². The van der Waals surface area contributed by atoms with Crippen molar-refractivity contribution in [2.75, 3.05) is 5.32 Å². The molecule has 0 fully saturated rings. The molecule has 0 saturated heterocycles. The number of rotatable bonds is 3. The number of halogens is 1. The lowest BCUT2D eigenvalue weighted by atomic mass is 10.3. The Kier molecular flexibility index (Phi) is 4.25. The first-order valence-corrected chi connectivity index (χ1v) is 5.97. The highest BCUT2D eigenvalue weighted by Crippen LogP contribution is 2.08. The van der Waals surface area contributed by atoms with Crippen LogP contribution in [0.1, 0.15) is 12.7 Å². The van der Waals surface area contributed by atoms with Crippen molar-refractivity contribution in [1.29, 1.82) is 0 Å². The summed E-state index contributed by atoms with van der Waals surface area (Å²) in [5.74, 6) is 0.369. The number of hydrazone groups is 1. The van der Waals surface area contributed by atoms with Gasteiger partial charge in [0, 0.05) is 5.69 Å². The van der Waals surface area contributed by atoms with Crippen molar-refractivity contribution < 1.29 is 8.81 Å². The van der Waals surface area contributed by atoms with E-state index in [2.05, 4.69) is 15.8 Å². The van der Waals surface area contributed by atoms with E-state index >= 15 is 0 Å². The third kappa shape index (κ3) is 3.89. The zero-order chi connectivity index (χ0) is 13.7. The Labute approximate surface area is 115 Å². The number of nitrogens with zero attached hydrogens (tertiary/aromatic N) is 1. The van der Waals surface area contributed by atoms with E-state index in [9.17, 15) is 4.39 Å². The summed E-state index contributed by atoms with van der Waals surface area (Å²) in [5, 5.41) is 7.28. The average molecular weight is 277 g/mol. The number of hydrogen-bond acceptors (Lipinski definition) is 3. The number of benzene rings is 1. The number of nitrogens with one attached hydrogen (secondary N) is 2. The summed E-state index contributed by atoms with van der Waals surface area (Å²) >= 11 is 5.06. The van der Waals surface area contributed by atoms with E-state index < -0.39 is 0 Å². The molecule has 2 aromatic rings. The minimum atomic E-state index is -0.295. The van der Waals surface area contributed by atoms with Crippen molar-refractivity contribution in [3.05, 3.63) is 54.2 Å². The van der Waals surface area contributed by atoms with Crippen molar-refractivity contribution >= 4 is 28.7 Å². The molecule has 4 nitrogen and oxygen atoms in total. The molecule has 0 saturated carbocycles. The smallest absolute Gasteiger partial charge is 0.191 e. The zero-order valence-electron chi connectivity index (χ0n) is 10.2. The maximum Gasteiger partial charge on any atom is 0.191 e. The SMILES string of the molecule is CC(=NNC(=S)Nc1ccc(F)cc1)c1ccco1. The summed E-state index contributed by atoms with van der Waals surface area (Å²) in [5.41, 5.74) is 4.05. The summed E-state index contributed by atoms with van der Waals surface area (Å²) in [7, 11) is 0. The van der Waals surface area contributed by atoms with Gasteiger partial charge in [-0.15, -0.1) is 0 Å². The van der Waals surface area contributed by atoms with Gasteiger partial charge in [-0.3, -0.25) is 5.43 Å². The fourth-order valence-electron chi connectivity index (χ4n) is 1.37. The van der Waals surface area contributed by atoms with Crippen LogP contribution in [0.3, 0.4) is 0 Å². The Morgan fingerprint density at radius 1 is 1.26 bits per heavy atom. The van der Waals surface area contributed by atoms with Crippen LogP contribution in [0.25, 0.3) is 0 Å². The van der Waals surface area contributed by atoms with E-state index in [1.165, 1.54) is 12.1 Å². The van der Waals surface area contributed by atoms with E-state index in [0.717, 1.165) is 0 Å². The molecule has 19 heavy (non-hydrogen) atoms. The van der Waals surface area contributed by atoms with Gasteiger partial charge in [-0.2, -0.15) is 5.10 Å². The second-order valence-electron chi connectivity index (χ2n) is 3.75. The molecule has 0 aliphatic heterocycles. The molecule has 2 rings (SSSR count). The molecule has 0 atom stereocenters. The molecule has 6 heteroatoms. The Balaban J connectivity index is 1.91. The van der Waals surface area contributed by atoms with Crippen molar-refractivity contribution in [2.45, 2.75) is 6.92 Å². The van der Waals surface area contributed by atoms with Gasteiger partial charge in [0.1, 0.15) is 17.3 Å². The summed E-state index contributed by atoms with van der Waals surface area (Å²) in [6, 6.07) is 9.46. The predicted octanol–water partition coefficient (Wildman–Crippen LogP) is 3.13. The molecule has 0 bridgehead atoms. The fraction of sp³-hybridized carbons (Fsp3) is 0.0769. The second-order valence-corrected chi connectivity index (χ2v) is 4.16. The Bertz CT molecular complexity index is 578. The lowest BCUT2D eigenvalue weighted by Gasteiger charge is -2.07. The number of furan rings is 1. The fourth-order valence-corrected chi connectivity index (χ4v) is 1.53. The number of anilines is 1. The van der Waals surface area contributed by atoms with Crippen molar-refractivity contribution in [3.63, 3.8) is 0 Å². The van der Waals surface area contributed by atoms with E-state index in [-0.39, 0.29) is 5.82 Å². The van der Waals surface area contributed by atoms with Crippen LogP contribution in [-0.4, -0.2) is 10.8 Å². The van der Waals surface area contributed by atoms with Gasteiger partial charge in [-0.1, -0.05) is 0 Å². The van der Waals surface area contributed by atoms with Crippen LogP contribution in [0.2, 0.25) is 0 Å². The number of hydrogen-bond donors (Lipinski definition) is 2. The molecule has 1 heterocycles. The van der Waals surface area contributed by atoms with E-state index in [0.29, 0.717) is 22.3 Å². The second kappa shape index (κ2) is 6.10. The first-order valence-electron chi connectivity index (χ1n) is 5.56. The van der Waals surface area contributed by atoms with Crippen LogP contribution in [0.15, 0.2) is 52.2 Å². The highest BCUT2D eigenvalue weighted by molar-refractivity contribution is 7.80. The van der Waals surface area contributed by atoms with E-state index in [1.807, 2.05) is 0 Å². The van der Waals surface area contributed by atoms with Gasteiger partial charge < -0.3 is 9.73 Å². The highest BCUT2D eigenvalue weighted by atomic mass is 32.1. The monoisotopic (exact) mass is 277 g/mol. The molecular weight excluding hydrogens is 265 g/mol. The molecule has 1 aromatic carbocycles. The van der Waals surface area contributed by atoms with Crippen molar-refractivity contribution in [3.8, 4) is 0 Å². The molecule has 0 aliphatic rings. The summed E-state index contributed by atoms with van der Waals surface area (Å²) in [6.07, 6.45) is 1.57. The van der Waals surface area contributed by atoms with Gasteiger partial charge >= 0.3 is 0 Å². The van der Waals surface area contributed by atoms with Crippen LogP contribution in [-0.2, 0) is 0 Å². The molecule has 0 unspecified atom stereocenters. The van der Waals surface area contributed by atoms with Gasteiger partial charge in [0.15, 0.2) is 5.11 Å². The van der Waals surface area contributed by atoms with Crippen molar-refractivity contribution in [1.82, 2.24) is 5.43 Å². The van der Waals surface area contributed by atoms with Crippen LogP contribution in [0.5, 0.6) is 0 Å². The molecule has 0 radical (unpaired) electrons. The normalized spacial score (nSPS) is 11.2. The Hall–Kier alpha value is -2.21. The van der Waals surface area contributed by atoms with Crippen LogP contribution >= 0.6 is 12.2 Å². The Morgan fingerprint density at radius 2 is 2.00 bits per heavy atom. The first kappa shape index (κ1) is 13.2.